The molecule has 2 N–H and O–H groups in total. The first-order chi connectivity index (χ1) is 7.21. The van der Waals surface area contributed by atoms with Crippen LogP contribution in [-0.2, 0) is 6.42 Å². The third-order valence-electron chi connectivity index (χ3n) is 3.34. The van der Waals surface area contributed by atoms with Gasteiger partial charge in [0.1, 0.15) is 0 Å². The molecule has 0 saturated carbocycles. The number of nitrogens with one attached hydrogen (secondary N) is 1. The van der Waals surface area contributed by atoms with Crippen molar-refractivity contribution in [2.75, 3.05) is 13.1 Å². The first kappa shape index (κ1) is 10.6. The first-order valence-electron chi connectivity index (χ1n) is 5.53. The highest BCUT2D eigenvalue weighted by Crippen LogP contribution is 2.27. The Kier molecular flexibility index (Phi) is 3.03. The summed E-state index contributed by atoms with van der Waals surface area (Å²) in [6, 6.07) is 3.95. The lowest BCUT2D eigenvalue weighted by atomic mass is 9.79. The Hall–Kier alpha value is -0.930. The number of nitrogens with zero attached hydrogens (tertiary/aromatic N) is 1. The van der Waals surface area contributed by atoms with Crippen molar-refractivity contribution in [3.05, 3.63) is 30.1 Å². The zero-order valence-electron chi connectivity index (χ0n) is 9.11. The molecule has 0 radical (unpaired) electrons. The van der Waals surface area contributed by atoms with Gasteiger partial charge in [0, 0.05) is 25.4 Å². The van der Waals surface area contributed by atoms with Crippen molar-refractivity contribution in [2.45, 2.75) is 25.4 Å². The van der Waals surface area contributed by atoms with Gasteiger partial charge in [0.25, 0.3) is 0 Å². The lowest BCUT2D eigenvalue weighted by Gasteiger charge is -2.38. The lowest BCUT2D eigenvalue weighted by molar-refractivity contribution is -0.0330. The maximum absolute atomic E-state index is 10.5. The quantitative estimate of drug-likeness (QED) is 0.758. The second kappa shape index (κ2) is 4.29. The Balaban J connectivity index is 2.09. The van der Waals surface area contributed by atoms with Gasteiger partial charge < -0.3 is 10.4 Å². The van der Waals surface area contributed by atoms with Gasteiger partial charge in [0.05, 0.1) is 5.60 Å². The number of piperidine rings is 1. The van der Waals surface area contributed by atoms with Crippen LogP contribution < -0.4 is 5.32 Å². The number of hydrogen-bond donors (Lipinski definition) is 2. The van der Waals surface area contributed by atoms with Crippen molar-refractivity contribution in [3.63, 3.8) is 0 Å². The molecule has 15 heavy (non-hydrogen) atoms. The third kappa shape index (κ3) is 2.36. The van der Waals surface area contributed by atoms with E-state index < -0.39 is 5.60 Å². The monoisotopic (exact) mass is 206 g/mol. The molecule has 1 aliphatic heterocycles. The Morgan fingerprint density at radius 2 is 2.53 bits per heavy atom. The normalized spacial score (nSPS) is 31.5. The molecular weight excluding hydrogens is 188 g/mol. The molecule has 2 rings (SSSR count). The predicted molar refractivity (Wildman–Crippen MR) is 59.5 cm³/mol. The molecule has 3 nitrogen and oxygen atoms in total. The van der Waals surface area contributed by atoms with Crippen LogP contribution in [0.5, 0.6) is 0 Å². The van der Waals surface area contributed by atoms with Crippen LogP contribution in [0.15, 0.2) is 24.5 Å². The predicted octanol–water partition coefficient (Wildman–Crippen LogP) is 0.985. The van der Waals surface area contributed by atoms with E-state index in [-0.39, 0.29) is 0 Å². The van der Waals surface area contributed by atoms with Gasteiger partial charge in [-0.05, 0) is 30.5 Å². The summed E-state index contributed by atoms with van der Waals surface area (Å²) >= 11 is 0. The summed E-state index contributed by atoms with van der Waals surface area (Å²) in [6.07, 6.45) is 5.14. The summed E-state index contributed by atoms with van der Waals surface area (Å²) in [5, 5.41) is 13.8. The lowest BCUT2D eigenvalue weighted by Crippen LogP contribution is -2.50. The van der Waals surface area contributed by atoms with Gasteiger partial charge in [-0.25, -0.2) is 0 Å². The summed E-state index contributed by atoms with van der Waals surface area (Å²) in [4.78, 5) is 4.08. The number of pyridine rings is 1. The van der Waals surface area contributed by atoms with Crippen LogP contribution >= 0.6 is 0 Å². The summed E-state index contributed by atoms with van der Waals surface area (Å²) in [6.45, 7) is 3.90. The second-order valence-electron chi connectivity index (χ2n) is 4.50. The van der Waals surface area contributed by atoms with Crippen LogP contribution in [0, 0.1) is 5.92 Å². The molecule has 0 bridgehead atoms. The fourth-order valence-electron chi connectivity index (χ4n) is 2.18. The maximum Gasteiger partial charge on any atom is 0.0738 e. The van der Waals surface area contributed by atoms with Crippen molar-refractivity contribution in [3.8, 4) is 0 Å². The van der Waals surface area contributed by atoms with Gasteiger partial charge in [0.15, 0.2) is 0 Å². The molecule has 2 heterocycles. The van der Waals surface area contributed by atoms with E-state index in [9.17, 15) is 5.11 Å². The number of hydrogen-bond acceptors (Lipinski definition) is 3. The van der Waals surface area contributed by atoms with E-state index in [1.165, 1.54) is 0 Å². The Morgan fingerprint density at radius 1 is 1.67 bits per heavy atom. The molecule has 2 atom stereocenters. The van der Waals surface area contributed by atoms with E-state index >= 15 is 0 Å². The average Bonchev–Trinajstić information content (AvgIpc) is 2.24. The van der Waals surface area contributed by atoms with E-state index in [0.717, 1.165) is 25.1 Å². The SMILES string of the molecule is CC1CNCCC1(O)Cc1cccnc1. The standard InChI is InChI=1S/C12H18N2O/c1-10-8-14-6-4-12(10,15)7-11-3-2-5-13-9-11/h2-3,5,9-10,14-15H,4,6-8H2,1H3. The summed E-state index contributed by atoms with van der Waals surface area (Å²) in [7, 11) is 0. The van der Waals surface area contributed by atoms with Crippen LogP contribution in [-0.4, -0.2) is 28.8 Å². The van der Waals surface area contributed by atoms with E-state index in [2.05, 4.69) is 17.2 Å². The molecule has 1 fully saturated rings. The molecule has 1 aromatic heterocycles. The summed E-state index contributed by atoms with van der Waals surface area (Å²) in [5.41, 5.74) is 0.558. The van der Waals surface area contributed by atoms with Crippen LogP contribution in [0.2, 0.25) is 0 Å². The minimum atomic E-state index is -0.561. The first-order valence-corrected chi connectivity index (χ1v) is 5.53. The Labute approximate surface area is 90.5 Å². The molecule has 0 spiro atoms. The van der Waals surface area contributed by atoms with Crippen LogP contribution in [0.25, 0.3) is 0 Å². The average molecular weight is 206 g/mol. The fraction of sp³-hybridized carbons (Fsp3) is 0.583. The third-order valence-corrected chi connectivity index (χ3v) is 3.34. The van der Waals surface area contributed by atoms with Crippen molar-refractivity contribution < 1.29 is 5.11 Å². The smallest absolute Gasteiger partial charge is 0.0738 e. The minimum Gasteiger partial charge on any atom is -0.389 e. The van der Waals surface area contributed by atoms with Crippen molar-refractivity contribution in [1.82, 2.24) is 10.3 Å². The van der Waals surface area contributed by atoms with E-state index in [4.69, 9.17) is 0 Å². The molecule has 3 heteroatoms. The highest BCUT2D eigenvalue weighted by molar-refractivity contribution is 5.13. The second-order valence-corrected chi connectivity index (χ2v) is 4.50. The summed E-state index contributed by atoms with van der Waals surface area (Å²) in [5.74, 6) is 0.298. The van der Waals surface area contributed by atoms with Crippen LogP contribution in [0.1, 0.15) is 18.9 Å². The highest BCUT2D eigenvalue weighted by atomic mass is 16.3. The van der Waals surface area contributed by atoms with Gasteiger partial charge in [-0.15, -0.1) is 0 Å². The highest BCUT2D eigenvalue weighted by Gasteiger charge is 2.35. The van der Waals surface area contributed by atoms with Crippen molar-refractivity contribution in [2.24, 2.45) is 5.92 Å². The van der Waals surface area contributed by atoms with Crippen molar-refractivity contribution in [1.29, 1.82) is 0 Å². The summed E-state index contributed by atoms with van der Waals surface area (Å²) < 4.78 is 0. The molecule has 0 aliphatic carbocycles. The zero-order chi connectivity index (χ0) is 10.7. The molecular formula is C12H18N2O. The van der Waals surface area contributed by atoms with Gasteiger partial charge in [-0.3, -0.25) is 4.98 Å². The Bertz CT molecular complexity index is 315. The van der Waals surface area contributed by atoms with Crippen molar-refractivity contribution >= 4 is 0 Å². The molecule has 2 unspecified atom stereocenters. The fourth-order valence-corrected chi connectivity index (χ4v) is 2.18. The van der Waals surface area contributed by atoms with Gasteiger partial charge in [0.2, 0.25) is 0 Å². The van der Waals surface area contributed by atoms with E-state index in [1.807, 2.05) is 18.3 Å². The maximum atomic E-state index is 10.5. The minimum absolute atomic E-state index is 0.298. The number of aromatic nitrogens is 1. The molecule has 1 saturated heterocycles. The number of rotatable bonds is 2. The van der Waals surface area contributed by atoms with E-state index in [0.29, 0.717) is 12.3 Å². The van der Waals surface area contributed by atoms with Crippen LogP contribution in [0.4, 0.5) is 0 Å². The Morgan fingerprint density at radius 3 is 3.20 bits per heavy atom. The molecule has 1 aliphatic rings. The van der Waals surface area contributed by atoms with Gasteiger partial charge >= 0.3 is 0 Å². The molecule has 0 aromatic carbocycles. The molecule has 1 aromatic rings. The van der Waals surface area contributed by atoms with E-state index in [1.54, 1.807) is 6.20 Å². The number of aliphatic hydroxyl groups is 1. The largest absolute Gasteiger partial charge is 0.389 e. The van der Waals surface area contributed by atoms with Gasteiger partial charge in [-0.1, -0.05) is 13.0 Å². The molecule has 0 amide bonds. The zero-order valence-corrected chi connectivity index (χ0v) is 9.11. The topological polar surface area (TPSA) is 45.1 Å². The van der Waals surface area contributed by atoms with Crippen LogP contribution in [0.3, 0.4) is 0 Å². The van der Waals surface area contributed by atoms with Gasteiger partial charge in [-0.2, -0.15) is 0 Å². The molecule has 82 valence electrons.